The second-order valence-corrected chi connectivity index (χ2v) is 10.5. The number of hydrogen-bond acceptors (Lipinski definition) is 4. The lowest BCUT2D eigenvalue weighted by atomic mass is 10.1. The van der Waals surface area contributed by atoms with Crippen LogP contribution in [0.2, 0.25) is 5.02 Å². The van der Waals surface area contributed by atoms with Gasteiger partial charge in [0.2, 0.25) is 17.0 Å². The van der Waals surface area contributed by atoms with E-state index < -0.39 is 11.2 Å². The molecule has 1 aromatic rings. The van der Waals surface area contributed by atoms with Gasteiger partial charge in [0, 0.05) is 25.0 Å². The molecule has 2 aliphatic heterocycles. The standard InChI is InChI=1S/C23H37ClN4O3S/c1-3-4-5-8-11-22-25-21-18-26(2)32(30)27(23(21)28(22)29)16-9-6-7-10-17-31-20-14-12-19(24)13-15-20/h12-15,22,25,28H,3-11,16-18H2,1-2H3. The number of likely N-dealkylation sites (N-methyl/N-ethyl adjacent to an activating group) is 1. The Kier molecular flexibility index (Phi) is 10.1. The fourth-order valence-electron chi connectivity index (χ4n) is 4.18. The molecule has 0 bridgehead atoms. The second-order valence-electron chi connectivity index (χ2n) is 8.57. The van der Waals surface area contributed by atoms with Gasteiger partial charge < -0.3 is 20.3 Å². The van der Waals surface area contributed by atoms with Crippen molar-refractivity contribution >= 4 is 22.8 Å². The maximum absolute atomic E-state index is 13.1. The minimum atomic E-state index is -1.30. The SMILES string of the molecule is CCCCCCC1NC2=C(N(CCCCCCOc3ccc(Cl)cc3)S(=O)N(C)C2)[NH+]1[O-]. The van der Waals surface area contributed by atoms with Crippen molar-refractivity contribution in [3.63, 3.8) is 0 Å². The first kappa shape index (κ1) is 25.3. The van der Waals surface area contributed by atoms with E-state index in [-0.39, 0.29) is 11.2 Å². The summed E-state index contributed by atoms with van der Waals surface area (Å²) in [6.07, 6.45) is 9.18. The van der Waals surface area contributed by atoms with E-state index in [0.29, 0.717) is 30.5 Å². The van der Waals surface area contributed by atoms with Gasteiger partial charge in [0.05, 0.1) is 13.2 Å². The molecule has 1 aromatic carbocycles. The molecular formula is C23H37ClN4O3S. The van der Waals surface area contributed by atoms with E-state index in [9.17, 15) is 9.42 Å². The van der Waals surface area contributed by atoms with Gasteiger partial charge in [-0.05, 0) is 43.5 Å². The van der Waals surface area contributed by atoms with Crippen molar-refractivity contribution in [3.05, 3.63) is 46.0 Å². The van der Waals surface area contributed by atoms with E-state index in [1.165, 1.54) is 12.8 Å². The van der Waals surface area contributed by atoms with E-state index in [1.807, 2.05) is 35.6 Å². The largest absolute Gasteiger partial charge is 0.626 e. The smallest absolute Gasteiger partial charge is 0.237 e. The Labute approximate surface area is 200 Å². The van der Waals surface area contributed by atoms with Crippen molar-refractivity contribution in [2.75, 3.05) is 26.7 Å². The number of halogens is 1. The highest BCUT2D eigenvalue weighted by molar-refractivity contribution is 7.80. The van der Waals surface area contributed by atoms with E-state index in [2.05, 4.69) is 12.2 Å². The highest BCUT2D eigenvalue weighted by Gasteiger charge is 2.41. The van der Waals surface area contributed by atoms with Crippen LogP contribution in [0, 0.1) is 5.21 Å². The molecule has 180 valence electrons. The number of hydrogen-bond donors (Lipinski definition) is 2. The van der Waals surface area contributed by atoms with Crippen LogP contribution < -0.4 is 15.1 Å². The lowest BCUT2D eigenvalue weighted by molar-refractivity contribution is -0.839. The average Bonchev–Trinajstić information content (AvgIpc) is 3.09. The summed E-state index contributed by atoms with van der Waals surface area (Å²) in [5, 5.41) is 17.3. The summed E-state index contributed by atoms with van der Waals surface area (Å²) in [6, 6.07) is 7.40. The van der Waals surface area contributed by atoms with Crippen LogP contribution in [0.15, 0.2) is 35.8 Å². The van der Waals surface area contributed by atoms with Crippen molar-refractivity contribution in [3.8, 4) is 5.75 Å². The number of nitrogens with zero attached hydrogens (tertiary/aromatic N) is 2. The van der Waals surface area contributed by atoms with Gasteiger partial charge in [-0.2, -0.15) is 0 Å². The van der Waals surface area contributed by atoms with Gasteiger partial charge in [-0.25, -0.2) is 12.8 Å². The monoisotopic (exact) mass is 484 g/mol. The molecule has 0 aliphatic carbocycles. The Bertz CT molecular complexity index is 777. The molecule has 32 heavy (non-hydrogen) atoms. The number of benzene rings is 1. The molecule has 0 aromatic heterocycles. The molecule has 2 aliphatic rings. The quantitative estimate of drug-likeness (QED) is 0.331. The third-order valence-corrected chi connectivity index (χ3v) is 7.61. The minimum Gasteiger partial charge on any atom is -0.626 e. The van der Waals surface area contributed by atoms with Gasteiger partial charge in [0.15, 0.2) is 6.17 Å². The normalized spacial score (nSPS) is 23.4. The van der Waals surface area contributed by atoms with Crippen LogP contribution in [-0.4, -0.2) is 45.7 Å². The zero-order chi connectivity index (χ0) is 22.9. The summed E-state index contributed by atoms with van der Waals surface area (Å²) in [5.74, 6) is 1.49. The molecule has 2 heterocycles. The van der Waals surface area contributed by atoms with E-state index in [0.717, 1.165) is 56.4 Å². The van der Waals surface area contributed by atoms with Crippen molar-refractivity contribution < 1.29 is 14.0 Å². The zero-order valence-corrected chi connectivity index (χ0v) is 20.8. The molecule has 0 spiro atoms. The fourth-order valence-corrected chi connectivity index (χ4v) is 5.52. The van der Waals surface area contributed by atoms with Crippen molar-refractivity contribution in [1.82, 2.24) is 13.9 Å². The van der Waals surface area contributed by atoms with E-state index in [1.54, 1.807) is 4.31 Å². The Morgan fingerprint density at radius 2 is 1.88 bits per heavy atom. The summed E-state index contributed by atoms with van der Waals surface area (Å²) < 4.78 is 22.2. The molecular weight excluding hydrogens is 448 g/mol. The van der Waals surface area contributed by atoms with Crippen LogP contribution in [0.25, 0.3) is 0 Å². The van der Waals surface area contributed by atoms with Gasteiger partial charge >= 0.3 is 0 Å². The molecule has 0 saturated carbocycles. The predicted octanol–water partition coefficient (Wildman–Crippen LogP) is 3.56. The lowest BCUT2D eigenvalue weighted by Gasteiger charge is -2.35. The predicted molar refractivity (Wildman–Crippen MR) is 130 cm³/mol. The molecule has 9 heteroatoms. The maximum Gasteiger partial charge on any atom is 0.237 e. The van der Waals surface area contributed by atoms with Crippen LogP contribution >= 0.6 is 11.6 Å². The number of hydroxylamine groups is 2. The number of quaternary nitrogens is 1. The van der Waals surface area contributed by atoms with Gasteiger partial charge in [-0.1, -0.05) is 50.6 Å². The number of unbranched alkanes of at least 4 members (excludes halogenated alkanes) is 6. The molecule has 0 fully saturated rings. The fraction of sp³-hybridized carbons (Fsp3) is 0.652. The Hall–Kier alpha value is -1.32. The van der Waals surface area contributed by atoms with Crippen LogP contribution in [-0.2, 0) is 11.2 Å². The van der Waals surface area contributed by atoms with Crippen molar-refractivity contribution in [1.29, 1.82) is 0 Å². The first-order chi connectivity index (χ1) is 15.5. The number of rotatable bonds is 13. The van der Waals surface area contributed by atoms with Gasteiger partial charge in [0.25, 0.3) is 0 Å². The number of nitrogens with one attached hydrogen (secondary N) is 2. The molecule has 3 atom stereocenters. The Morgan fingerprint density at radius 1 is 1.16 bits per heavy atom. The topological polar surface area (TPSA) is 72.3 Å². The maximum atomic E-state index is 13.1. The first-order valence-corrected chi connectivity index (χ1v) is 13.3. The van der Waals surface area contributed by atoms with Crippen LogP contribution in [0.4, 0.5) is 0 Å². The third kappa shape index (κ3) is 6.84. The van der Waals surface area contributed by atoms with E-state index >= 15 is 0 Å². The molecule has 0 radical (unpaired) electrons. The second kappa shape index (κ2) is 12.8. The van der Waals surface area contributed by atoms with Gasteiger partial charge in [0.1, 0.15) is 11.4 Å². The highest BCUT2D eigenvalue weighted by atomic mass is 35.5. The Morgan fingerprint density at radius 3 is 2.62 bits per heavy atom. The Balaban J connectivity index is 1.41. The number of ether oxygens (including phenoxy) is 1. The van der Waals surface area contributed by atoms with Crippen LogP contribution in [0.3, 0.4) is 0 Å². The summed E-state index contributed by atoms with van der Waals surface area (Å²) in [4.78, 5) is 0. The summed E-state index contributed by atoms with van der Waals surface area (Å²) in [7, 11) is 1.85. The zero-order valence-electron chi connectivity index (χ0n) is 19.3. The lowest BCUT2D eigenvalue weighted by Crippen LogP contribution is -3.10. The van der Waals surface area contributed by atoms with Crippen molar-refractivity contribution in [2.45, 2.75) is 70.9 Å². The molecule has 7 nitrogen and oxygen atoms in total. The minimum absolute atomic E-state index is 0.120. The molecule has 3 rings (SSSR count). The summed E-state index contributed by atoms with van der Waals surface area (Å²) in [5.41, 5.74) is 0.939. The average molecular weight is 485 g/mol. The van der Waals surface area contributed by atoms with Crippen LogP contribution in [0.1, 0.15) is 64.7 Å². The third-order valence-electron chi connectivity index (χ3n) is 5.95. The first-order valence-electron chi connectivity index (χ1n) is 11.8. The molecule has 0 saturated heterocycles. The molecule has 0 amide bonds. The van der Waals surface area contributed by atoms with E-state index in [4.69, 9.17) is 16.3 Å². The van der Waals surface area contributed by atoms with Gasteiger partial charge in [-0.3, -0.25) is 0 Å². The van der Waals surface area contributed by atoms with Crippen molar-refractivity contribution in [2.24, 2.45) is 0 Å². The van der Waals surface area contributed by atoms with Crippen LogP contribution in [0.5, 0.6) is 5.75 Å². The highest BCUT2D eigenvalue weighted by Crippen LogP contribution is 2.22. The molecule has 2 N–H and O–H groups in total. The summed E-state index contributed by atoms with van der Waals surface area (Å²) in [6.45, 7) is 4.02. The summed E-state index contributed by atoms with van der Waals surface area (Å²) >= 11 is 4.58. The molecule has 3 unspecified atom stereocenters. The van der Waals surface area contributed by atoms with Gasteiger partial charge in [-0.15, -0.1) is 0 Å².